The van der Waals surface area contributed by atoms with E-state index in [0.29, 0.717) is 17.8 Å². The molecule has 1 fully saturated rings. The van der Waals surface area contributed by atoms with E-state index in [-0.39, 0.29) is 12.3 Å². The van der Waals surface area contributed by atoms with Crippen molar-refractivity contribution in [3.05, 3.63) is 0 Å². The van der Waals surface area contributed by atoms with E-state index in [4.69, 9.17) is 5.11 Å². The van der Waals surface area contributed by atoms with Crippen LogP contribution in [0, 0.1) is 23.7 Å². The Labute approximate surface area is 97.2 Å². The molecule has 16 heavy (non-hydrogen) atoms. The van der Waals surface area contributed by atoms with Gasteiger partial charge in [-0.2, -0.15) is 0 Å². The molecule has 0 aromatic rings. The van der Waals surface area contributed by atoms with Crippen LogP contribution < -0.4 is 0 Å². The number of carboxylic acids is 1. The van der Waals surface area contributed by atoms with Crippen LogP contribution >= 0.6 is 0 Å². The van der Waals surface area contributed by atoms with Crippen LogP contribution in [0.3, 0.4) is 0 Å². The van der Waals surface area contributed by atoms with E-state index in [9.17, 15) is 9.59 Å². The summed E-state index contributed by atoms with van der Waals surface area (Å²) >= 11 is 0. The Bertz CT molecular complexity index is 270. The fourth-order valence-corrected chi connectivity index (χ4v) is 2.96. The van der Waals surface area contributed by atoms with Gasteiger partial charge in [0, 0.05) is 6.42 Å². The van der Waals surface area contributed by atoms with E-state index >= 15 is 0 Å². The Hall–Kier alpha value is -0.860. The van der Waals surface area contributed by atoms with Crippen LogP contribution in [0.5, 0.6) is 0 Å². The summed E-state index contributed by atoms with van der Waals surface area (Å²) in [7, 11) is 0. The minimum absolute atomic E-state index is 0.225. The number of hydrogen-bond donors (Lipinski definition) is 1. The molecule has 0 aromatic carbocycles. The predicted octanol–water partition coefficient (Wildman–Crippen LogP) is 2.74. The lowest BCUT2D eigenvalue weighted by molar-refractivity contribution is -0.150. The van der Waals surface area contributed by atoms with Gasteiger partial charge in [0.25, 0.3) is 0 Å². The van der Waals surface area contributed by atoms with Crippen molar-refractivity contribution in [2.75, 3.05) is 0 Å². The number of carbonyl (C=O) groups excluding carboxylic acids is 1. The summed E-state index contributed by atoms with van der Waals surface area (Å²) in [6.07, 6.45) is 3.57. The Morgan fingerprint density at radius 1 is 1.31 bits per heavy atom. The molecule has 0 aromatic heterocycles. The molecule has 0 aliphatic heterocycles. The Balaban J connectivity index is 2.64. The third-order valence-corrected chi connectivity index (χ3v) is 3.85. The summed E-state index contributed by atoms with van der Waals surface area (Å²) in [6.45, 7) is 6.52. The molecule has 3 atom stereocenters. The maximum atomic E-state index is 11.3. The minimum atomic E-state index is -1.28. The van der Waals surface area contributed by atoms with Gasteiger partial charge in [-0.25, -0.2) is 4.79 Å². The van der Waals surface area contributed by atoms with Crippen LogP contribution in [0.1, 0.15) is 46.5 Å². The first-order valence-electron chi connectivity index (χ1n) is 6.18. The molecule has 0 heterocycles. The second-order valence-electron chi connectivity index (χ2n) is 5.52. The summed E-state index contributed by atoms with van der Waals surface area (Å²) in [4.78, 5) is 21.9. The van der Waals surface area contributed by atoms with Gasteiger partial charge in [-0.15, -0.1) is 0 Å². The van der Waals surface area contributed by atoms with Gasteiger partial charge in [0.15, 0.2) is 0 Å². The Kier molecular flexibility index (Phi) is 4.51. The third kappa shape index (κ3) is 3.32. The first-order chi connectivity index (χ1) is 7.41. The van der Waals surface area contributed by atoms with Crippen LogP contribution in [-0.4, -0.2) is 16.9 Å². The van der Waals surface area contributed by atoms with E-state index in [2.05, 4.69) is 20.8 Å². The number of rotatable bonds is 4. The lowest BCUT2D eigenvalue weighted by Crippen LogP contribution is -2.31. The molecule has 3 unspecified atom stereocenters. The molecular formula is C13H22O3. The first kappa shape index (κ1) is 13.2. The van der Waals surface area contributed by atoms with Crippen molar-refractivity contribution in [3.8, 4) is 0 Å². The second kappa shape index (κ2) is 5.46. The smallest absolute Gasteiger partial charge is 0.372 e. The third-order valence-electron chi connectivity index (χ3n) is 3.85. The molecule has 0 spiro atoms. The zero-order valence-corrected chi connectivity index (χ0v) is 10.4. The molecule has 0 amide bonds. The number of aliphatic carboxylic acids is 1. The molecule has 1 aliphatic rings. The van der Waals surface area contributed by atoms with Gasteiger partial charge in [0.1, 0.15) is 0 Å². The maximum absolute atomic E-state index is 11.3. The lowest BCUT2D eigenvalue weighted by Gasteiger charge is -2.36. The maximum Gasteiger partial charge on any atom is 0.372 e. The van der Waals surface area contributed by atoms with Gasteiger partial charge in [-0.05, 0) is 36.5 Å². The van der Waals surface area contributed by atoms with Gasteiger partial charge >= 0.3 is 5.97 Å². The van der Waals surface area contributed by atoms with Crippen molar-refractivity contribution >= 4 is 11.8 Å². The van der Waals surface area contributed by atoms with Gasteiger partial charge in [0.05, 0.1) is 0 Å². The average molecular weight is 226 g/mol. The summed E-state index contributed by atoms with van der Waals surface area (Å²) in [5, 5.41) is 8.65. The van der Waals surface area contributed by atoms with E-state index in [1.165, 1.54) is 6.42 Å². The highest BCUT2D eigenvalue weighted by atomic mass is 16.4. The van der Waals surface area contributed by atoms with Crippen LogP contribution in [0.25, 0.3) is 0 Å². The fourth-order valence-electron chi connectivity index (χ4n) is 2.96. The number of carbonyl (C=O) groups is 2. The van der Waals surface area contributed by atoms with E-state index in [0.717, 1.165) is 12.8 Å². The molecule has 0 radical (unpaired) electrons. The molecule has 3 nitrogen and oxygen atoms in total. The normalized spacial score (nSPS) is 30.4. The lowest BCUT2D eigenvalue weighted by atomic mass is 9.68. The van der Waals surface area contributed by atoms with Gasteiger partial charge in [-0.3, -0.25) is 4.79 Å². The first-order valence-corrected chi connectivity index (χ1v) is 6.18. The predicted molar refractivity (Wildman–Crippen MR) is 62.1 cm³/mol. The highest BCUT2D eigenvalue weighted by molar-refractivity contribution is 6.32. The summed E-state index contributed by atoms with van der Waals surface area (Å²) in [5.41, 5.74) is 0. The largest absolute Gasteiger partial charge is 0.476 e. The zero-order valence-electron chi connectivity index (χ0n) is 10.4. The molecule has 3 heteroatoms. The molecule has 0 saturated heterocycles. The van der Waals surface area contributed by atoms with E-state index in [1.807, 2.05) is 0 Å². The quantitative estimate of drug-likeness (QED) is 0.750. The second-order valence-corrected chi connectivity index (χ2v) is 5.52. The van der Waals surface area contributed by atoms with Gasteiger partial charge in [0.2, 0.25) is 5.78 Å². The molecule has 1 aliphatic carbocycles. The van der Waals surface area contributed by atoms with Crippen molar-refractivity contribution in [1.29, 1.82) is 0 Å². The van der Waals surface area contributed by atoms with E-state index < -0.39 is 11.8 Å². The molecule has 1 N–H and O–H groups in total. The molecule has 92 valence electrons. The standard InChI is InChI=1S/C13H22O3/c1-8(2)11-5-4-9(3)6-10(11)7-12(14)13(15)16/h8-11H,4-7H2,1-3H3,(H,15,16). The number of ketones is 1. The molecule has 1 rings (SSSR count). The summed E-state index contributed by atoms with van der Waals surface area (Å²) in [5.74, 6) is 0.0537. The number of Topliss-reactive ketones (excluding diaryl/α,β-unsaturated/α-hetero) is 1. The highest BCUT2D eigenvalue weighted by Crippen LogP contribution is 2.39. The Morgan fingerprint density at radius 2 is 1.94 bits per heavy atom. The van der Waals surface area contributed by atoms with Crippen LogP contribution in [0.4, 0.5) is 0 Å². The van der Waals surface area contributed by atoms with Crippen molar-refractivity contribution in [2.45, 2.75) is 46.5 Å². The Morgan fingerprint density at radius 3 is 2.44 bits per heavy atom. The fraction of sp³-hybridized carbons (Fsp3) is 0.846. The molecular weight excluding hydrogens is 204 g/mol. The minimum Gasteiger partial charge on any atom is -0.476 e. The topological polar surface area (TPSA) is 54.4 Å². The van der Waals surface area contributed by atoms with Gasteiger partial charge in [-0.1, -0.05) is 27.2 Å². The van der Waals surface area contributed by atoms with Gasteiger partial charge < -0.3 is 5.11 Å². The number of hydrogen-bond acceptors (Lipinski definition) is 2. The van der Waals surface area contributed by atoms with E-state index in [1.54, 1.807) is 0 Å². The highest BCUT2D eigenvalue weighted by Gasteiger charge is 2.33. The zero-order chi connectivity index (χ0) is 12.3. The molecule has 0 bridgehead atoms. The summed E-state index contributed by atoms with van der Waals surface area (Å²) in [6, 6.07) is 0. The number of carboxylic acid groups (broad SMARTS) is 1. The van der Waals surface area contributed by atoms with Crippen molar-refractivity contribution < 1.29 is 14.7 Å². The average Bonchev–Trinajstić information content (AvgIpc) is 2.16. The van der Waals surface area contributed by atoms with Crippen LogP contribution in [-0.2, 0) is 9.59 Å². The molecule has 1 saturated carbocycles. The van der Waals surface area contributed by atoms with Crippen LogP contribution in [0.2, 0.25) is 0 Å². The van der Waals surface area contributed by atoms with Crippen LogP contribution in [0.15, 0.2) is 0 Å². The monoisotopic (exact) mass is 226 g/mol. The van der Waals surface area contributed by atoms with Crippen molar-refractivity contribution in [2.24, 2.45) is 23.7 Å². The SMILES string of the molecule is CC1CCC(C(C)C)C(CC(=O)C(=O)O)C1. The summed E-state index contributed by atoms with van der Waals surface area (Å²) < 4.78 is 0. The van der Waals surface area contributed by atoms with Crippen molar-refractivity contribution in [1.82, 2.24) is 0 Å². The van der Waals surface area contributed by atoms with Crippen molar-refractivity contribution in [3.63, 3.8) is 0 Å².